The van der Waals surface area contributed by atoms with Crippen molar-refractivity contribution in [1.82, 2.24) is 25.5 Å². The van der Waals surface area contributed by atoms with E-state index in [4.69, 9.17) is 18.0 Å². The average molecular weight is 308 g/mol. The Morgan fingerprint density at radius 2 is 2.20 bits per heavy atom. The molecule has 2 rings (SSSR count). The van der Waals surface area contributed by atoms with E-state index in [1.165, 1.54) is 16.4 Å². The fourth-order valence-electron chi connectivity index (χ4n) is 1.34. The van der Waals surface area contributed by atoms with Crippen molar-refractivity contribution in [3.63, 3.8) is 0 Å². The topological polar surface area (TPSA) is 72.7 Å². The Hall–Kier alpha value is -2.04. The maximum atomic E-state index is 11.5. The van der Waals surface area contributed by atoms with E-state index in [0.29, 0.717) is 10.2 Å². The number of hydrogen-bond donors (Lipinski definition) is 1. The van der Waals surface area contributed by atoms with Crippen LogP contribution in [0.25, 0.3) is 5.69 Å². The number of tetrazole rings is 1. The quantitative estimate of drug-likeness (QED) is 0.663. The van der Waals surface area contributed by atoms with Gasteiger partial charge in [0.05, 0.1) is 18.0 Å². The van der Waals surface area contributed by atoms with Gasteiger partial charge in [-0.1, -0.05) is 29.3 Å². The van der Waals surface area contributed by atoms with Gasteiger partial charge >= 0.3 is 0 Å². The van der Waals surface area contributed by atoms with Crippen LogP contribution in [0.2, 0.25) is 5.02 Å². The molecule has 1 aromatic heterocycles. The molecule has 8 heteroatoms. The molecular formula is C12H10ClN5OS. The van der Waals surface area contributed by atoms with Gasteiger partial charge in [-0.2, -0.15) is 4.68 Å². The summed E-state index contributed by atoms with van der Waals surface area (Å²) in [6.45, 7) is 0.210. The van der Waals surface area contributed by atoms with Gasteiger partial charge in [0.25, 0.3) is 0 Å². The molecule has 0 saturated heterocycles. The number of amides is 1. The summed E-state index contributed by atoms with van der Waals surface area (Å²) in [5.74, 6) is 2.36. The lowest BCUT2D eigenvalue weighted by Crippen LogP contribution is -2.25. The number of terminal acetylenes is 1. The highest BCUT2D eigenvalue weighted by Crippen LogP contribution is 2.19. The highest BCUT2D eigenvalue weighted by molar-refractivity contribution is 7.99. The first-order valence-electron chi connectivity index (χ1n) is 5.58. The smallest absolute Gasteiger partial charge is 0.231 e. The zero-order valence-corrected chi connectivity index (χ0v) is 11.9. The molecule has 1 N–H and O–H groups in total. The van der Waals surface area contributed by atoms with Crippen molar-refractivity contribution in [2.75, 3.05) is 12.3 Å². The van der Waals surface area contributed by atoms with Gasteiger partial charge < -0.3 is 5.32 Å². The van der Waals surface area contributed by atoms with Gasteiger partial charge in [0.15, 0.2) is 0 Å². The first-order chi connectivity index (χ1) is 9.70. The Labute approximate surface area is 124 Å². The van der Waals surface area contributed by atoms with Gasteiger partial charge in [0.1, 0.15) is 0 Å². The van der Waals surface area contributed by atoms with Crippen LogP contribution in [0.15, 0.2) is 29.4 Å². The second kappa shape index (κ2) is 6.93. The van der Waals surface area contributed by atoms with Crippen molar-refractivity contribution in [1.29, 1.82) is 0 Å². The second-order valence-corrected chi connectivity index (χ2v) is 5.00. The number of hydrogen-bond acceptors (Lipinski definition) is 5. The first kappa shape index (κ1) is 14.4. The predicted octanol–water partition coefficient (Wildman–Crippen LogP) is 1.16. The largest absolute Gasteiger partial charge is 0.344 e. The number of nitrogens with one attached hydrogen (secondary N) is 1. The van der Waals surface area contributed by atoms with Crippen LogP contribution in [0.5, 0.6) is 0 Å². The molecule has 0 atom stereocenters. The molecule has 0 aliphatic rings. The third-order valence-corrected chi connectivity index (χ3v) is 3.40. The maximum Gasteiger partial charge on any atom is 0.231 e. The molecule has 0 aliphatic carbocycles. The lowest BCUT2D eigenvalue weighted by atomic mass is 10.3. The fraction of sp³-hybridized carbons (Fsp3) is 0.167. The molecule has 0 spiro atoms. The van der Waals surface area contributed by atoms with Gasteiger partial charge in [0.2, 0.25) is 11.1 Å². The molecule has 0 bridgehead atoms. The van der Waals surface area contributed by atoms with Crippen molar-refractivity contribution < 1.29 is 4.79 Å². The minimum Gasteiger partial charge on any atom is -0.344 e. The number of nitrogens with zero attached hydrogens (tertiary/aromatic N) is 4. The van der Waals surface area contributed by atoms with E-state index in [-0.39, 0.29) is 18.2 Å². The van der Waals surface area contributed by atoms with E-state index >= 15 is 0 Å². The van der Waals surface area contributed by atoms with E-state index in [0.717, 1.165) is 5.69 Å². The zero-order chi connectivity index (χ0) is 14.4. The second-order valence-electron chi connectivity index (χ2n) is 3.62. The number of rotatable bonds is 5. The summed E-state index contributed by atoms with van der Waals surface area (Å²) in [5, 5.41) is 15.1. The van der Waals surface area contributed by atoms with Crippen molar-refractivity contribution in [2.24, 2.45) is 0 Å². The van der Waals surface area contributed by atoms with Crippen LogP contribution in [0.4, 0.5) is 0 Å². The summed E-state index contributed by atoms with van der Waals surface area (Å²) in [5.41, 5.74) is 0.769. The van der Waals surface area contributed by atoms with Crippen molar-refractivity contribution in [3.8, 4) is 18.0 Å². The highest BCUT2D eigenvalue weighted by atomic mass is 35.5. The van der Waals surface area contributed by atoms with E-state index in [1.54, 1.807) is 24.3 Å². The summed E-state index contributed by atoms with van der Waals surface area (Å²) in [4.78, 5) is 11.5. The molecule has 1 amide bonds. The number of carbonyl (C=O) groups excluding carboxylic acids is 1. The molecule has 0 aliphatic heterocycles. The predicted molar refractivity (Wildman–Crippen MR) is 76.7 cm³/mol. The molecule has 0 unspecified atom stereocenters. The molecule has 6 nitrogen and oxygen atoms in total. The van der Waals surface area contributed by atoms with Crippen LogP contribution >= 0.6 is 23.4 Å². The standard InChI is InChI=1S/C12H10ClN5OS/c1-2-7-14-11(19)8-20-12-15-16-17-18(12)10-5-3-9(13)4-6-10/h1,3-6H,7-8H2,(H,14,19). The normalized spacial score (nSPS) is 10.0. The van der Waals surface area contributed by atoms with Crippen molar-refractivity contribution in [3.05, 3.63) is 29.3 Å². The third-order valence-electron chi connectivity index (χ3n) is 2.23. The van der Waals surface area contributed by atoms with Crippen LogP contribution in [0.3, 0.4) is 0 Å². The van der Waals surface area contributed by atoms with Gasteiger partial charge in [-0.15, -0.1) is 11.5 Å². The number of carbonyl (C=O) groups is 1. The molecule has 102 valence electrons. The monoisotopic (exact) mass is 307 g/mol. The molecule has 0 radical (unpaired) electrons. The highest BCUT2D eigenvalue weighted by Gasteiger charge is 2.11. The summed E-state index contributed by atoms with van der Waals surface area (Å²) >= 11 is 7.05. The molecular weight excluding hydrogens is 298 g/mol. The number of aromatic nitrogens is 4. The van der Waals surface area contributed by atoms with E-state index in [9.17, 15) is 4.79 Å². The Kier molecular flexibility index (Phi) is 4.98. The summed E-state index contributed by atoms with van der Waals surface area (Å²) < 4.78 is 1.54. The Bertz CT molecular complexity index is 634. The van der Waals surface area contributed by atoms with Gasteiger partial charge in [-0.3, -0.25) is 4.79 Å². The van der Waals surface area contributed by atoms with Gasteiger partial charge in [0, 0.05) is 5.02 Å². The van der Waals surface area contributed by atoms with Crippen LogP contribution in [-0.2, 0) is 4.79 Å². The summed E-state index contributed by atoms with van der Waals surface area (Å²) in [7, 11) is 0. The van der Waals surface area contributed by atoms with Crippen LogP contribution in [0.1, 0.15) is 0 Å². The molecule has 1 heterocycles. The SMILES string of the molecule is C#CCNC(=O)CSc1nnnn1-c1ccc(Cl)cc1. The molecule has 0 saturated carbocycles. The van der Waals surface area contributed by atoms with Crippen molar-refractivity contribution >= 4 is 29.3 Å². The minimum atomic E-state index is -0.168. The Balaban J connectivity index is 2.04. The van der Waals surface area contributed by atoms with E-state index in [1.807, 2.05) is 0 Å². The van der Waals surface area contributed by atoms with Crippen LogP contribution in [-0.4, -0.2) is 38.4 Å². The number of benzene rings is 1. The van der Waals surface area contributed by atoms with Crippen LogP contribution in [0, 0.1) is 12.3 Å². The molecule has 2 aromatic rings. The first-order valence-corrected chi connectivity index (χ1v) is 6.94. The molecule has 0 fully saturated rings. The third kappa shape index (κ3) is 3.73. The summed E-state index contributed by atoms with van der Waals surface area (Å²) in [6.07, 6.45) is 5.06. The van der Waals surface area contributed by atoms with E-state index < -0.39 is 0 Å². The molecule has 1 aromatic carbocycles. The van der Waals surface area contributed by atoms with Gasteiger partial charge in [-0.25, -0.2) is 0 Å². The van der Waals surface area contributed by atoms with Gasteiger partial charge in [-0.05, 0) is 34.7 Å². The van der Waals surface area contributed by atoms with Crippen molar-refractivity contribution in [2.45, 2.75) is 5.16 Å². The lowest BCUT2D eigenvalue weighted by Gasteiger charge is -2.04. The summed E-state index contributed by atoms with van der Waals surface area (Å²) in [6, 6.07) is 7.07. The fourth-order valence-corrected chi connectivity index (χ4v) is 2.19. The number of halogens is 1. The Morgan fingerprint density at radius 3 is 2.90 bits per heavy atom. The lowest BCUT2D eigenvalue weighted by molar-refractivity contribution is -0.118. The van der Waals surface area contributed by atoms with E-state index in [2.05, 4.69) is 26.8 Å². The molecule has 20 heavy (non-hydrogen) atoms. The van der Waals surface area contributed by atoms with Crippen LogP contribution < -0.4 is 5.32 Å². The maximum absolute atomic E-state index is 11.5. The minimum absolute atomic E-state index is 0.168. The number of thioether (sulfide) groups is 1. The zero-order valence-electron chi connectivity index (χ0n) is 10.3. The Morgan fingerprint density at radius 1 is 1.45 bits per heavy atom. The average Bonchev–Trinajstić information content (AvgIpc) is 2.92.